The van der Waals surface area contributed by atoms with Gasteiger partial charge in [0.2, 0.25) is 5.91 Å². The number of nitrogens with zero attached hydrogens (tertiary/aromatic N) is 3. The van der Waals surface area contributed by atoms with Crippen LogP contribution in [0.5, 0.6) is 5.75 Å². The molecule has 2 saturated heterocycles. The van der Waals surface area contributed by atoms with Gasteiger partial charge in [-0.1, -0.05) is 84.3 Å². The van der Waals surface area contributed by atoms with Gasteiger partial charge >= 0.3 is 0 Å². The molecular formula is C51H72FN5O5. The molecule has 3 aliphatic rings. The van der Waals surface area contributed by atoms with Crippen LogP contribution in [0.3, 0.4) is 0 Å². The van der Waals surface area contributed by atoms with Crippen LogP contribution in [-0.4, -0.2) is 103 Å². The number of amides is 3. The number of benzene rings is 2. The fourth-order valence-electron chi connectivity index (χ4n) is 9.18. The summed E-state index contributed by atoms with van der Waals surface area (Å²) in [7, 11) is 0. The number of likely N-dealkylation sites (tertiary alicyclic amines) is 1. The lowest BCUT2D eigenvalue weighted by atomic mass is 9.81. The standard InChI is InChI=1S/C51H72FN5O5/c1-4-5-6-7-8-9-10-11-12-13-14-15-16-17-18-20-46(58)56-29-27-41(36-56)53-49(59)44-37-57(38-51(2,3)47-43-26-23-40(52)35-45(43)54-48(44)47)50(60)39-21-24-42(25-22-39)62-32-19-28-55-30-33-61-34-31-55/h11-12,21-26,35,37,41,54H,4-10,13-20,27-34,36,38H2,1-3H3,(H,53,59)/b12-11-. The molecule has 3 aromatic rings. The first kappa shape index (κ1) is 47.0. The summed E-state index contributed by atoms with van der Waals surface area (Å²) < 4.78 is 25.9. The van der Waals surface area contributed by atoms with Gasteiger partial charge in [0.1, 0.15) is 11.6 Å². The molecule has 1 aromatic heterocycles. The van der Waals surface area contributed by atoms with Crippen molar-refractivity contribution in [1.82, 2.24) is 25.0 Å². The molecule has 2 N–H and O–H groups in total. The summed E-state index contributed by atoms with van der Waals surface area (Å²) >= 11 is 0. The van der Waals surface area contributed by atoms with Gasteiger partial charge in [-0.25, -0.2) is 4.39 Å². The van der Waals surface area contributed by atoms with Gasteiger partial charge in [-0.05, 0) is 93.0 Å². The molecule has 0 bridgehead atoms. The molecule has 3 aliphatic heterocycles. The average molecular weight is 854 g/mol. The van der Waals surface area contributed by atoms with Crippen LogP contribution in [0.2, 0.25) is 0 Å². The smallest absolute Gasteiger partial charge is 0.257 e. The monoisotopic (exact) mass is 854 g/mol. The highest BCUT2D eigenvalue weighted by atomic mass is 19.1. The highest BCUT2D eigenvalue weighted by Crippen LogP contribution is 2.41. The lowest BCUT2D eigenvalue weighted by molar-refractivity contribution is -0.130. The zero-order valence-corrected chi connectivity index (χ0v) is 37.8. The normalized spacial score (nSPS) is 17.9. The van der Waals surface area contributed by atoms with Crippen LogP contribution in [0.4, 0.5) is 4.39 Å². The second kappa shape index (κ2) is 23.8. The fraction of sp³-hybridized carbons (Fsp3) is 0.588. The predicted molar refractivity (Wildman–Crippen MR) is 247 cm³/mol. The van der Waals surface area contributed by atoms with E-state index in [1.54, 1.807) is 29.3 Å². The molecule has 0 radical (unpaired) electrons. The van der Waals surface area contributed by atoms with Crippen molar-refractivity contribution in [3.8, 4) is 5.75 Å². The quantitative estimate of drug-likeness (QED) is 0.0727. The Balaban J connectivity index is 1.01. The van der Waals surface area contributed by atoms with Crippen LogP contribution < -0.4 is 10.1 Å². The molecule has 62 heavy (non-hydrogen) atoms. The Bertz CT molecular complexity index is 1970. The molecule has 0 saturated carbocycles. The van der Waals surface area contributed by atoms with Crippen LogP contribution in [0.25, 0.3) is 16.5 Å². The van der Waals surface area contributed by atoms with Gasteiger partial charge in [0.05, 0.1) is 31.1 Å². The van der Waals surface area contributed by atoms with Crippen molar-refractivity contribution in [1.29, 1.82) is 0 Å². The second-order valence-corrected chi connectivity index (χ2v) is 18.2. The molecule has 1 unspecified atom stereocenters. The Morgan fingerprint density at radius 1 is 0.887 bits per heavy atom. The SMILES string of the molecule is CCCCCCCC/C=C\CCCCCCCC(=O)N1CCC(NC(=O)C2=CN(C(=O)c3ccc(OCCCN4CCOCC4)cc3)CC(C)(C)c3c2[nH]c2cc(F)ccc32)C1. The first-order valence-electron chi connectivity index (χ1n) is 23.7. The third-order valence-corrected chi connectivity index (χ3v) is 12.7. The Morgan fingerprint density at radius 3 is 2.31 bits per heavy atom. The number of H-pyrrole nitrogens is 1. The lowest BCUT2D eigenvalue weighted by Gasteiger charge is -2.29. The van der Waals surface area contributed by atoms with E-state index in [1.807, 2.05) is 30.9 Å². The molecule has 0 spiro atoms. The maximum Gasteiger partial charge on any atom is 0.257 e. The van der Waals surface area contributed by atoms with Crippen LogP contribution in [0.1, 0.15) is 145 Å². The number of carbonyl (C=O) groups is 3. The summed E-state index contributed by atoms with van der Waals surface area (Å²) in [5, 5.41) is 4.00. The largest absolute Gasteiger partial charge is 0.494 e. The molecular weight excluding hydrogens is 782 g/mol. The van der Waals surface area contributed by atoms with Crippen molar-refractivity contribution in [3.63, 3.8) is 0 Å². The number of morpholine rings is 1. The molecule has 338 valence electrons. The summed E-state index contributed by atoms with van der Waals surface area (Å²) in [6, 6.07) is 11.6. The van der Waals surface area contributed by atoms with Gasteiger partial charge in [-0.15, -0.1) is 0 Å². The maximum atomic E-state index is 14.5. The van der Waals surface area contributed by atoms with Gasteiger partial charge < -0.3 is 29.6 Å². The van der Waals surface area contributed by atoms with E-state index in [0.29, 0.717) is 67.2 Å². The molecule has 4 heterocycles. The van der Waals surface area contributed by atoms with Crippen LogP contribution in [0, 0.1) is 5.82 Å². The number of rotatable bonds is 23. The molecule has 10 nitrogen and oxygen atoms in total. The number of aromatic nitrogens is 1. The number of carbonyl (C=O) groups excluding carboxylic acids is 3. The van der Waals surface area contributed by atoms with Crippen LogP contribution in [0.15, 0.2) is 60.8 Å². The van der Waals surface area contributed by atoms with Crippen molar-refractivity contribution in [2.24, 2.45) is 0 Å². The number of fused-ring (bicyclic) bond motifs is 3. The summed E-state index contributed by atoms with van der Waals surface area (Å²) in [4.78, 5) is 51.0. The first-order chi connectivity index (χ1) is 30.1. The number of halogens is 1. The number of ether oxygens (including phenoxy) is 2. The van der Waals surface area contributed by atoms with E-state index in [0.717, 1.165) is 75.9 Å². The molecule has 2 aromatic carbocycles. The van der Waals surface area contributed by atoms with E-state index < -0.39 is 5.41 Å². The number of allylic oxidation sites excluding steroid dienone is 2. The minimum Gasteiger partial charge on any atom is -0.494 e. The van der Waals surface area contributed by atoms with Crippen molar-refractivity contribution in [2.45, 2.75) is 135 Å². The number of hydrogen-bond acceptors (Lipinski definition) is 6. The Morgan fingerprint density at radius 2 is 1.58 bits per heavy atom. The minimum absolute atomic E-state index is 0.135. The van der Waals surface area contributed by atoms with E-state index in [1.165, 1.54) is 69.9 Å². The number of unbranched alkanes of at least 4 members (excludes halogenated alkanes) is 11. The second-order valence-electron chi connectivity index (χ2n) is 18.2. The summed E-state index contributed by atoms with van der Waals surface area (Å²) in [6.07, 6.45) is 24.2. The van der Waals surface area contributed by atoms with Crippen molar-refractivity contribution in [3.05, 3.63) is 83.5 Å². The van der Waals surface area contributed by atoms with Gasteiger partial charge in [-0.2, -0.15) is 0 Å². The Labute approximate surface area is 369 Å². The zero-order chi connectivity index (χ0) is 43.7. The molecule has 2 fully saturated rings. The Kier molecular flexibility index (Phi) is 18.1. The zero-order valence-electron chi connectivity index (χ0n) is 37.8. The van der Waals surface area contributed by atoms with E-state index in [9.17, 15) is 18.8 Å². The number of hydrogen-bond donors (Lipinski definition) is 2. The van der Waals surface area contributed by atoms with E-state index >= 15 is 0 Å². The third-order valence-electron chi connectivity index (χ3n) is 12.7. The van der Waals surface area contributed by atoms with Gasteiger partial charge in [0, 0.05) is 79.8 Å². The summed E-state index contributed by atoms with van der Waals surface area (Å²) in [5.74, 6) is -0.126. The van der Waals surface area contributed by atoms with Crippen LogP contribution in [-0.2, 0) is 19.7 Å². The highest BCUT2D eigenvalue weighted by molar-refractivity contribution is 6.21. The average Bonchev–Trinajstić information content (AvgIpc) is 3.87. The third kappa shape index (κ3) is 13.5. The molecule has 1 atom stereocenters. The van der Waals surface area contributed by atoms with Crippen LogP contribution >= 0.6 is 0 Å². The van der Waals surface area contributed by atoms with Crippen molar-refractivity contribution < 1.29 is 28.2 Å². The maximum absolute atomic E-state index is 14.5. The first-order valence-corrected chi connectivity index (χ1v) is 23.7. The fourth-order valence-corrected chi connectivity index (χ4v) is 9.18. The Hall–Kier alpha value is -4.48. The predicted octanol–water partition coefficient (Wildman–Crippen LogP) is 9.94. The van der Waals surface area contributed by atoms with Gasteiger partial charge in [-0.3, -0.25) is 19.3 Å². The summed E-state index contributed by atoms with van der Waals surface area (Å²) in [5.41, 5.74) is 2.19. The van der Waals surface area contributed by atoms with E-state index in [-0.39, 0.29) is 29.6 Å². The van der Waals surface area contributed by atoms with E-state index in [2.05, 4.69) is 34.3 Å². The summed E-state index contributed by atoms with van der Waals surface area (Å²) in [6.45, 7) is 12.6. The lowest BCUT2D eigenvalue weighted by Crippen LogP contribution is -2.39. The number of nitrogens with one attached hydrogen (secondary N) is 2. The topological polar surface area (TPSA) is 107 Å². The highest BCUT2D eigenvalue weighted by Gasteiger charge is 2.38. The van der Waals surface area contributed by atoms with E-state index in [4.69, 9.17) is 9.47 Å². The molecule has 0 aliphatic carbocycles. The van der Waals surface area contributed by atoms with Gasteiger partial charge in [0.25, 0.3) is 11.8 Å². The number of aromatic amines is 1. The van der Waals surface area contributed by atoms with Crippen molar-refractivity contribution >= 4 is 34.2 Å². The molecule has 6 rings (SSSR count). The molecule has 11 heteroatoms. The van der Waals surface area contributed by atoms with Crippen molar-refractivity contribution in [2.75, 3.05) is 59.1 Å². The minimum atomic E-state index is -0.607. The van der Waals surface area contributed by atoms with Gasteiger partial charge in [0.15, 0.2) is 0 Å². The molecule has 3 amide bonds.